The maximum atomic E-state index is 12.4. The van der Waals surface area contributed by atoms with Crippen molar-refractivity contribution in [3.8, 4) is 5.75 Å². The molecule has 24 heavy (non-hydrogen) atoms. The average Bonchev–Trinajstić information content (AvgIpc) is 2.55. The number of carbonyl (C=O) groups is 2. The molecule has 0 atom stereocenters. The molecule has 8 heteroatoms. The molecule has 2 rings (SSSR count). The van der Waals surface area contributed by atoms with Gasteiger partial charge in [-0.15, -0.1) is 0 Å². The van der Waals surface area contributed by atoms with Gasteiger partial charge in [0.05, 0.1) is 23.3 Å². The van der Waals surface area contributed by atoms with Crippen molar-refractivity contribution in [2.75, 3.05) is 12.4 Å². The number of phenols is 1. The third kappa shape index (κ3) is 3.32. The lowest BCUT2D eigenvalue weighted by atomic mass is 10.1. The van der Waals surface area contributed by atoms with E-state index in [4.69, 9.17) is 0 Å². The maximum Gasteiger partial charge on any atom is 0.337 e. The number of hydrogen-bond acceptors (Lipinski definition) is 6. The van der Waals surface area contributed by atoms with Crippen LogP contribution in [-0.2, 0) is 4.74 Å². The molecule has 0 aromatic heterocycles. The number of nitro benzene ring substituents is 1. The van der Waals surface area contributed by atoms with E-state index in [0.29, 0.717) is 5.56 Å². The van der Waals surface area contributed by atoms with Crippen LogP contribution in [0.4, 0.5) is 11.4 Å². The number of benzene rings is 2. The van der Waals surface area contributed by atoms with E-state index < -0.39 is 16.8 Å². The number of methoxy groups -OCH3 is 1. The van der Waals surface area contributed by atoms with E-state index in [1.807, 2.05) is 0 Å². The fraction of sp³-hybridized carbons (Fsp3) is 0.125. The summed E-state index contributed by atoms with van der Waals surface area (Å²) in [5.74, 6) is -1.70. The van der Waals surface area contributed by atoms with Crippen molar-refractivity contribution in [3.05, 3.63) is 63.2 Å². The fourth-order valence-electron chi connectivity index (χ4n) is 2.17. The normalized spacial score (nSPS) is 10.1. The van der Waals surface area contributed by atoms with Crippen LogP contribution in [0.15, 0.2) is 36.4 Å². The Morgan fingerprint density at radius 1 is 1.25 bits per heavy atom. The second-order valence-corrected chi connectivity index (χ2v) is 4.90. The van der Waals surface area contributed by atoms with Crippen LogP contribution in [0, 0.1) is 17.0 Å². The molecule has 124 valence electrons. The summed E-state index contributed by atoms with van der Waals surface area (Å²) >= 11 is 0. The number of anilines is 1. The number of ether oxygens (including phenoxy) is 1. The van der Waals surface area contributed by atoms with Crippen molar-refractivity contribution < 1.29 is 24.4 Å². The van der Waals surface area contributed by atoms with Crippen molar-refractivity contribution in [2.45, 2.75) is 6.92 Å². The molecule has 0 radical (unpaired) electrons. The molecule has 2 aromatic rings. The molecule has 0 aliphatic rings. The Morgan fingerprint density at radius 3 is 2.58 bits per heavy atom. The van der Waals surface area contributed by atoms with Crippen molar-refractivity contribution >= 4 is 23.3 Å². The van der Waals surface area contributed by atoms with E-state index in [9.17, 15) is 24.8 Å². The van der Waals surface area contributed by atoms with Crippen LogP contribution in [0.5, 0.6) is 5.75 Å². The quantitative estimate of drug-likeness (QED) is 0.385. The highest BCUT2D eigenvalue weighted by Gasteiger charge is 2.23. The third-order valence-corrected chi connectivity index (χ3v) is 3.34. The summed E-state index contributed by atoms with van der Waals surface area (Å²) in [5, 5.41) is 23.3. The first kappa shape index (κ1) is 16.9. The molecule has 0 unspecified atom stereocenters. The van der Waals surface area contributed by atoms with E-state index in [-0.39, 0.29) is 28.3 Å². The van der Waals surface area contributed by atoms with Gasteiger partial charge in [0.1, 0.15) is 11.3 Å². The lowest BCUT2D eigenvalue weighted by Gasteiger charge is -2.10. The Labute approximate surface area is 136 Å². The number of aromatic hydroxyl groups is 1. The van der Waals surface area contributed by atoms with Gasteiger partial charge < -0.3 is 15.2 Å². The molecule has 8 nitrogen and oxygen atoms in total. The van der Waals surface area contributed by atoms with Gasteiger partial charge >= 0.3 is 5.97 Å². The molecule has 2 N–H and O–H groups in total. The van der Waals surface area contributed by atoms with Crippen LogP contribution in [-0.4, -0.2) is 29.0 Å². The Bertz CT molecular complexity index is 831. The number of carbonyl (C=O) groups excluding carboxylic acids is 2. The van der Waals surface area contributed by atoms with Crippen LogP contribution in [0.25, 0.3) is 0 Å². The lowest BCUT2D eigenvalue weighted by Crippen LogP contribution is -2.16. The van der Waals surface area contributed by atoms with Gasteiger partial charge in [-0.25, -0.2) is 4.79 Å². The summed E-state index contributed by atoms with van der Waals surface area (Å²) in [6, 6.07) is 8.02. The smallest absolute Gasteiger partial charge is 0.337 e. The van der Waals surface area contributed by atoms with Crippen LogP contribution in [0.1, 0.15) is 26.3 Å². The Hall–Kier alpha value is -3.42. The molecular formula is C16H14N2O6. The Balaban J connectivity index is 2.41. The summed E-state index contributed by atoms with van der Waals surface area (Å²) in [6.45, 7) is 1.56. The zero-order chi connectivity index (χ0) is 17.9. The highest BCUT2D eigenvalue weighted by molar-refractivity contribution is 6.09. The van der Waals surface area contributed by atoms with Crippen LogP contribution < -0.4 is 5.32 Å². The van der Waals surface area contributed by atoms with Gasteiger partial charge in [0.2, 0.25) is 0 Å². The van der Waals surface area contributed by atoms with Gasteiger partial charge in [0.25, 0.3) is 11.6 Å². The standard InChI is InChI=1S/C16H14N2O6/c1-9-4-3-5-12(18(22)23)14(9)15(20)17-11-8-10(16(21)24-2)6-7-13(11)19/h3-8,19H,1-2H3,(H,17,20). The Morgan fingerprint density at radius 2 is 1.96 bits per heavy atom. The highest BCUT2D eigenvalue weighted by atomic mass is 16.6. The van der Waals surface area contributed by atoms with E-state index in [1.165, 1.54) is 37.4 Å². The second kappa shape index (κ2) is 6.78. The van der Waals surface area contributed by atoms with E-state index in [2.05, 4.69) is 10.1 Å². The van der Waals surface area contributed by atoms with Gasteiger partial charge in [-0.05, 0) is 30.7 Å². The number of amides is 1. The number of esters is 1. The molecule has 0 spiro atoms. The van der Waals surface area contributed by atoms with Crippen molar-refractivity contribution in [3.63, 3.8) is 0 Å². The molecule has 0 saturated carbocycles. The number of nitro groups is 1. The zero-order valence-electron chi connectivity index (χ0n) is 12.9. The molecule has 0 aliphatic carbocycles. The highest BCUT2D eigenvalue weighted by Crippen LogP contribution is 2.28. The fourth-order valence-corrected chi connectivity index (χ4v) is 2.17. The number of nitrogens with one attached hydrogen (secondary N) is 1. The van der Waals surface area contributed by atoms with Crippen LogP contribution in [0.3, 0.4) is 0 Å². The predicted octanol–water partition coefficient (Wildman–Crippen LogP) is 2.65. The van der Waals surface area contributed by atoms with E-state index in [0.717, 1.165) is 0 Å². The number of aryl methyl sites for hydroxylation is 1. The number of phenolic OH excluding ortho intramolecular Hbond substituents is 1. The molecule has 0 bridgehead atoms. The van der Waals surface area contributed by atoms with Crippen molar-refractivity contribution in [1.29, 1.82) is 0 Å². The molecular weight excluding hydrogens is 316 g/mol. The molecule has 0 saturated heterocycles. The molecule has 0 aliphatic heterocycles. The number of hydrogen-bond donors (Lipinski definition) is 2. The molecule has 1 amide bonds. The Kier molecular flexibility index (Phi) is 4.78. The largest absolute Gasteiger partial charge is 0.506 e. The SMILES string of the molecule is COC(=O)c1ccc(O)c(NC(=O)c2c(C)cccc2[N+](=O)[O-])c1. The number of nitrogens with zero attached hydrogens (tertiary/aromatic N) is 1. The summed E-state index contributed by atoms with van der Waals surface area (Å²) in [4.78, 5) is 34.4. The first-order valence-corrected chi connectivity index (χ1v) is 6.82. The van der Waals surface area contributed by atoms with Gasteiger partial charge in [-0.2, -0.15) is 0 Å². The minimum Gasteiger partial charge on any atom is -0.506 e. The monoisotopic (exact) mass is 330 g/mol. The van der Waals surface area contributed by atoms with Gasteiger partial charge in [-0.3, -0.25) is 14.9 Å². The molecule has 0 heterocycles. The molecule has 2 aromatic carbocycles. The van der Waals surface area contributed by atoms with Gasteiger partial charge in [0, 0.05) is 6.07 Å². The molecule has 0 fully saturated rings. The summed E-state index contributed by atoms with van der Waals surface area (Å²) in [5.41, 5.74) is -0.00266. The van der Waals surface area contributed by atoms with Crippen molar-refractivity contribution in [2.24, 2.45) is 0 Å². The van der Waals surface area contributed by atoms with Gasteiger partial charge in [0.15, 0.2) is 0 Å². The first-order chi connectivity index (χ1) is 11.3. The summed E-state index contributed by atoms with van der Waals surface area (Å²) in [7, 11) is 1.20. The predicted molar refractivity (Wildman–Crippen MR) is 85.2 cm³/mol. The summed E-state index contributed by atoms with van der Waals surface area (Å²) in [6.07, 6.45) is 0. The minimum absolute atomic E-state index is 0.0551. The topological polar surface area (TPSA) is 119 Å². The maximum absolute atomic E-state index is 12.4. The average molecular weight is 330 g/mol. The van der Waals surface area contributed by atoms with E-state index >= 15 is 0 Å². The second-order valence-electron chi connectivity index (χ2n) is 4.90. The van der Waals surface area contributed by atoms with Gasteiger partial charge in [-0.1, -0.05) is 12.1 Å². The lowest BCUT2D eigenvalue weighted by molar-refractivity contribution is -0.385. The third-order valence-electron chi connectivity index (χ3n) is 3.34. The van der Waals surface area contributed by atoms with Crippen LogP contribution in [0.2, 0.25) is 0 Å². The first-order valence-electron chi connectivity index (χ1n) is 6.82. The van der Waals surface area contributed by atoms with Crippen LogP contribution >= 0.6 is 0 Å². The zero-order valence-corrected chi connectivity index (χ0v) is 12.9. The summed E-state index contributed by atoms with van der Waals surface area (Å²) < 4.78 is 4.57. The van der Waals surface area contributed by atoms with E-state index in [1.54, 1.807) is 13.0 Å². The van der Waals surface area contributed by atoms with Crippen molar-refractivity contribution in [1.82, 2.24) is 0 Å². The minimum atomic E-state index is -0.767. The number of rotatable bonds is 4.